The van der Waals surface area contributed by atoms with E-state index in [0.29, 0.717) is 39.6 Å². The van der Waals surface area contributed by atoms with Gasteiger partial charge < -0.3 is 59.1 Å². The molecule has 322 valence electrons. The van der Waals surface area contributed by atoms with Gasteiger partial charge in [0.1, 0.15) is 19.8 Å². The lowest BCUT2D eigenvalue weighted by Gasteiger charge is -2.40. The van der Waals surface area contributed by atoms with Gasteiger partial charge in [-0.25, -0.2) is 0 Å². The molecule has 0 saturated heterocycles. The molecule has 0 aromatic rings. The van der Waals surface area contributed by atoms with E-state index in [1.54, 1.807) is 13.8 Å². The number of rotatable bonds is 35. The number of amides is 4. The standard InChI is InChI=1S/C39H63N4O13P/c1-6-18-50-24-27-53-21-15-40-35(44)9-12-39(13-10-36(45)41-16-22-54-28-25-51-19-7-2,14-11-37(46)42-17-23-55-29-26-52-20-8-3)43-38(47)33-30-34(31-33)56-57(48,49)32(4)5/h1-3,32-34H,9-31H2,4-5H3,(H,40,44)(H,41,45)(H,42,46)(H,43,47)(H,48,49). The first kappa shape index (κ1) is 51.5. The molecule has 0 aliphatic heterocycles. The van der Waals surface area contributed by atoms with E-state index in [9.17, 15) is 28.6 Å². The summed E-state index contributed by atoms with van der Waals surface area (Å²) in [5.41, 5.74) is -1.75. The third-order valence-electron chi connectivity index (χ3n) is 8.68. The number of carbonyl (C=O) groups is 4. The zero-order valence-corrected chi connectivity index (χ0v) is 34.4. The summed E-state index contributed by atoms with van der Waals surface area (Å²) in [5.74, 6) is 5.24. The average molecular weight is 827 g/mol. The van der Waals surface area contributed by atoms with Gasteiger partial charge in [-0.2, -0.15) is 0 Å². The first-order valence-electron chi connectivity index (χ1n) is 19.3. The van der Waals surface area contributed by atoms with Crippen molar-refractivity contribution in [3.63, 3.8) is 0 Å². The summed E-state index contributed by atoms with van der Waals surface area (Å²) in [5, 5.41) is 11.5. The van der Waals surface area contributed by atoms with Crippen LogP contribution >= 0.6 is 7.60 Å². The van der Waals surface area contributed by atoms with Crippen molar-refractivity contribution in [2.24, 2.45) is 5.92 Å². The molecule has 0 aromatic carbocycles. The third-order valence-corrected chi connectivity index (χ3v) is 10.6. The van der Waals surface area contributed by atoms with Crippen LogP contribution in [0, 0.1) is 42.9 Å². The highest BCUT2D eigenvalue weighted by atomic mass is 31.2. The Morgan fingerprint density at radius 2 is 1.00 bits per heavy atom. The molecular formula is C39H63N4O13P. The van der Waals surface area contributed by atoms with Gasteiger partial charge in [0.25, 0.3) is 0 Å². The Kier molecular flexibility index (Phi) is 28.4. The highest BCUT2D eigenvalue weighted by Gasteiger charge is 2.43. The molecule has 0 spiro atoms. The van der Waals surface area contributed by atoms with E-state index >= 15 is 0 Å². The lowest BCUT2D eigenvalue weighted by Crippen LogP contribution is -2.54. The van der Waals surface area contributed by atoms with E-state index in [1.165, 1.54) is 0 Å². The van der Waals surface area contributed by atoms with Crippen molar-refractivity contribution in [1.82, 2.24) is 21.3 Å². The fourth-order valence-electron chi connectivity index (χ4n) is 5.29. The molecule has 0 heterocycles. The van der Waals surface area contributed by atoms with Gasteiger partial charge in [0.15, 0.2) is 0 Å². The Morgan fingerprint density at radius 1 is 0.649 bits per heavy atom. The van der Waals surface area contributed by atoms with Crippen molar-refractivity contribution in [3.8, 4) is 37.0 Å². The molecular weight excluding hydrogens is 763 g/mol. The van der Waals surface area contributed by atoms with E-state index in [2.05, 4.69) is 39.0 Å². The van der Waals surface area contributed by atoms with Crippen molar-refractivity contribution >= 4 is 31.2 Å². The largest absolute Gasteiger partial charge is 0.377 e. The smallest absolute Gasteiger partial charge is 0.330 e. The minimum Gasteiger partial charge on any atom is -0.377 e. The maximum absolute atomic E-state index is 13.7. The van der Waals surface area contributed by atoms with Gasteiger partial charge >= 0.3 is 7.60 Å². The van der Waals surface area contributed by atoms with Gasteiger partial charge in [-0.3, -0.25) is 23.7 Å². The molecule has 0 bridgehead atoms. The number of carbonyl (C=O) groups excluding carboxylic acids is 4. The van der Waals surface area contributed by atoms with Crippen molar-refractivity contribution in [3.05, 3.63) is 0 Å². The second-order valence-corrected chi connectivity index (χ2v) is 15.9. The molecule has 57 heavy (non-hydrogen) atoms. The van der Waals surface area contributed by atoms with Gasteiger partial charge in [-0.1, -0.05) is 31.6 Å². The number of hydrogen-bond acceptors (Lipinski definition) is 12. The molecule has 1 unspecified atom stereocenters. The SMILES string of the molecule is C#CCOCCOCCNC(=O)CCC(CCC(=O)NCCOCCOCC#C)(CCC(=O)NCCOCCOCC#C)NC(=O)C1CC(OP(=O)(O)C(C)C)C1. The molecule has 0 aromatic heterocycles. The molecule has 1 rings (SSSR count). The minimum atomic E-state index is -3.84. The van der Waals surface area contributed by atoms with Gasteiger partial charge in [0, 0.05) is 50.4 Å². The maximum Gasteiger partial charge on any atom is 0.330 e. The van der Waals surface area contributed by atoms with Crippen molar-refractivity contribution < 1.29 is 61.6 Å². The molecule has 1 saturated carbocycles. The van der Waals surface area contributed by atoms with Crippen LogP contribution in [0.15, 0.2) is 0 Å². The molecule has 1 aliphatic carbocycles. The zero-order chi connectivity index (χ0) is 42.2. The third kappa shape index (κ3) is 25.4. The van der Waals surface area contributed by atoms with E-state index < -0.39 is 30.8 Å². The highest BCUT2D eigenvalue weighted by Crippen LogP contribution is 2.51. The normalized spacial score (nSPS) is 15.9. The summed E-state index contributed by atoms with van der Waals surface area (Å²) in [4.78, 5) is 62.9. The van der Waals surface area contributed by atoms with Crippen LogP contribution in [0.4, 0.5) is 0 Å². The van der Waals surface area contributed by atoms with Gasteiger partial charge in [0.05, 0.1) is 71.2 Å². The summed E-state index contributed by atoms with van der Waals surface area (Å²) in [6.45, 7) is 6.94. The fourth-order valence-corrected chi connectivity index (χ4v) is 6.13. The Hall–Kier alpha value is -3.53. The summed E-state index contributed by atoms with van der Waals surface area (Å²) < 4.78 is 49.7. The topological polar surface area (TPSA) is 218 Å². The van der Waals surface area contributed by atoms with E-state index in [1.807, 2.05) is 0 Å². The van der Waals surface area contributed by atoms with E-state index in [-0.39, 0.29) is 134 Å². The molecule has 4 amide bonds. The van der Waals surface area contributed by atoms with E-state index in [0.717, 1.165) is 0 Å². The number of ether oxygens (including phenoxy) is 6. The second kappa shape index (κ2) is 31.5. The Morgan fingerprint density at radius 3 is 1.33 bits per heavy atom. The lowest BCUT2D eigenvalue weighted by atomic mass is 9.78. The van der Waals surface area contributed by atoms with Crippen LogP contribution < -0.4 is 21.3 Å². The minimum absolute atomic E-state index is 0.0293. The van der Waals surface area contributed by atoms with Crippen molar-refractivity contribution in [1.29, 1.82) is 0 Å². The van der Waals surface area contributed by atoms with Crippen LogP contribution in [0.1, 0.15) is 65.2 Å². The van der Waals surface area contributed by atoms with Gasteiger partial charge in [0.2, 0.25) is 23.6 Å². The number of terminal acetylenes is 3. The average Bonchev–Trinajstić information content (AvgIpc) is 3.16. The summed E-state index contributed by atoms with van der Waals surface area (Å²) in [6, 6.07) is 0. The van der Waals surface area contributed by atoms with Gasteiger partial charge in [-0.05, 0) is 32.1 Å². The van der Waals surface area contributed by atoms with Crippen LogP contribution in [-0.2, 0) is 56.7 Å². The molecule has 18 heteroatoms. The molecule has 17 nitrogen and oxygen atoms in total. The Balaban J connectivity index is 2.99. The molecule has 1 atom stereocenters. The predicted molar refractivity (Wildman–Crippen MR) is 212 cm³/mol. The quantitative estimate of drug-likeness (QED) is 0.0342. The lowest BCUT2D eigenvalue weighted by molar-refractivity contribution is -0.134. The predicted octanol–water partition coefficient (Wildman–Crippen LogP) is 0.919. The van der Waals surface area contributed by atoms with Gasteiger partial charge in [-0.15, -0.1) is 19.3 Å². The zero-order valence-electron chi connectivity index (χ0n) is 33.5. The first-order chi connectivity index (χ1) is 27.4. The molecule has 0 radical (unpaired) electrons. The number of hydrogen-bond donors (Lipinski definition) is 5. The molecule has 1 fully saturated rings. The van der Waals surface area contributed by atoms with Crippen LogP contribution in [0.5, 0.6) is 0 Å². The summed E-state index contributed by atoms with van der Waals surface area (Å²) in [6.07, 6.45) is 15.6. The fraction of sp³-hybridized carbons (Fsp3) is 0.744. The van der Waals surface area contributed by atoms with Crippen molar-refractivity contribution in [2.75, 3.05) is 98.9 Å². The first-order valence-corrected chi connectivity index (χ1v) is 20.9. The molecule has 1 aliphatic rings. The molecule has 5 N–H and O–H groups in total. The summed E-state index contributed by atoms with van der Waals surface area (Å²) >= 11 is 0. The van der Waals surface area contributed by atoms with Crippen LogP contribution in [0.3, 0.4) is 0 Å². The summed E-state index contributed by atoms with van der Waals surface area (Å²) in [7, 11) is -3.84. The number of nitrogens with one attached hydrogen (secondary N) is 4. The Bertz CT molecular complexity index is 1240. The second-order valence-electron chi connectivity index (χ2n) is 13.5. The maximum atomic E-state index is 13.7. The van der Waals surface area contributed by atoms with Crippen molar-refractivity contribution in [2.45, 2.75) is 82.5 Å². The van der Waals surface area contributed by atoms with Crippen LogP contribution in [0.2, 0.25) is 0 Å². The van der Waals surface area contributed by atoms with E-state index in [4.69, 9.17) is 52.2 Å². The highest BCUT2D eigenvalue weighted by molar-refractivity contribution is 7.53. The monoisotopic (exact) mass is 826 g/mol. The van der Waals surface area contributed by atoms with Crippen LogP contribution in [-0.4, -0.2) is 145 Å². The van der Waals surface area contributed by atoms with Crippen LogP contribution in [0.25, 0.3) is 0 Å². The Labute approximate surface area is 337 Å².